The number of primary amides is 2. The molecule has 0 saturated carbocycles. The summed E-state index contributed by atoms with van der Waals surface area (Å²) in [5.41, 5.74) is 5.20. The molecule has 1 aliphatic heterocycles. The Morgan fingerprint density at radius 2 is 0.512 bits per heavy atom. The first-order valence-corrected chi connectivity index (χ1v) is 30.2. The van der Waals surface area contributed by atoms with Gasteiger partial charge in [0.05, 0.1) is 0 Å². The van der Waals surface area contributed by atoms with Crippen LogP contribution < -0.4 is 11.5 Å². The number of hydrogen-bond donors (Lipinski definition) is 2. The molecule has 4 N–H and O–H groups in total. The van der Waals surface area contributed by atoms with E-state index in [0.29, 0.717) is 39.0 Å². The van der Waals surface area contributed by atoms with Gasteiger partial charge in [-0.3, -0.25) is 47.9 Å². The number of carbonyl (C=O) groups is 10. The molecule has 0 atom stereocenters. The minimum absolute atomic E-state index is 0.0248. The average Bonchev–Trinajstić information content (AvgIpc) is 3.31. The first kappa shape index (κ1) is 73.8. The van der Waals surface area contributed by atoms with Crippen LogP contribution in [0.2, 0.25) is 0 Å². The molecule has 1 aliphatic rings. The highest BCUT2D eigenvalue weighted by Gasteiger charge is 2.44. The van der Waals surface area contributed by atoms with Crippen LogP contribution >= 0.6 is 0 Å². The summed E-state index contributed by atoms with van der Waals surface area (Å²) in [6.07, 6.45) is 4.53. The highest BCUT2D eigenvalue weighted by Crippen LogP contribution is 2.40. The quantitative estimate of drug-likeness (QED) is 0.0596. The van der Waals surface area contributed by atoms with Crippen LogP contribution in [0.25, 0.3) is 0 Å². The second-order valence-electron chi connectivity index (χ2n) is 29.6. The highest BCUT2D eigenvalue weighted by molar-refractivity contribution is 5.88. The smallest absolute Gasteiger partial charge is 0.223 e. The Labute approximate surface area is 484 Å². The fourth-order valence-electron chi connectivity index (χ4n) is 10.4. The maximum absolute atomic E-state index is 14.7. The summed E-state index contributed by atoms with van der Waals surface area (Å²) in [5.74, 6) is -1.26. The van der Waals surface area contributed by atoms with Crippen molar-refractivity contribution in [1.82, 2.24) is 19.6 Å². The van der Waals surface area contributed by atoms with Crippen molar-refractivity contribution in [2.75, 3.05) is 52.4 Å². The Morgan fingerprint density at radius 1 is 0.312 bits per heavy atom. The molecule has 1 fully saturated rings. The number of rotatable bonds is 36. The van der Waals surface area contributed by atoms with Crippen LogP contribution in [0.5, 0.6) is 0 Å². The first-order valence-electron chi connectivity index (χ1n) is 30.2. The van der Waals surface area contributed by atoms with Crippen LogP contribution in [0.4, 0.5) is 0 Å². The van der Waals surface area contributed by atoms with E-state index in [9.17, 15) is 47.9 Å². The largest absolute Gasteiger partial charge is 0.370 e. The standard InChI is InChI=1S/C64H114N6O10/c1-57(2,3)47(71)27-33-63(34-28-48(72)58(4,5)6,35-29-49(73)59(7,8)9)69(55(79)25-19-23-53(65)77)41-21-39-67-43-45-68(46-44-67)40-22-42-70(56(80)26-20-24-54(66)78)64(36-30-50(74)60(10,11)12,37-31-51(75)61(13,14)15)38-32-52(76)62(16,17)18/h19-46H2,1-18H3,(H2,65,77)(H2,66,78). The molecule has 0 aliphatic carbocycles. The van der Waals surface area contributed by atoms with Crippen LogP contribution in [0.15, 0.2) is 0 Å². The Morgan fingerprint density at radius 3 is 0.688 bits per heavy atom. The third-order valence-corrected chi connectivity index (χ3v) is 16.5. The fraction of sp³-hybridized carbons (Fsp3) is 0.844. The normalized spacial score (nSPS) is 14.6. The summed E-state index contributed by atoms with van der Waals surface area (Å²) in [6, 6.07) is 0. The van der Waals surface area contributed by atoms with E-state index in [1.807, 2.05) is 134 Å². The Balaban J connectivity index is 3.66. The van der Waals surface area contributed by atoms with E-state index >= 15 is 0 Å². The predicted molar refractivity (Wildman–Crippen MR) is 319 cm³/mol. The lowest BCUT2D eigenvalue weighted by Crippen LogP contribution is -2.55. The van der Waals surface area contributed by atoms with Gasteiger partial charge in [-0.2, -0.15) is 0 Å². The van der Waals surface area contributed by atoms with Gasteiger partial charge in [-0.15, -0.1) is 0 Å². The molecule has 0 spiro atoms. The summed E-state index contributed by atoms with van der Waals surface area (Å²) >= 11 is 0. The van der Waals surface area contributed by atoms with Crippen molar-refractivity contribution in [1.29, 1.82) is 0 Å². The van der Waals surface area contributed by atoms with E-state index < -0.39 is 55.4 Å². The zero-order valence-corrected chi connectivity index (χ0v) is 53.8. The molecule has 80 heavy (non-hydrogen) atoms. The molecule has 0 aromatic carbocycles. The van der Waals surface area contributed by atoms with Gasteiger partial charge in [-0.1, -0.05) is 125 Å². The van der Waals surface area contributed by atoms with Gasteiger partial charge in [0, 0.05) is 147 Å². The van der Waals surface area contributed by atoms with E-state index in [4.69, 9.17) is 11.5 Å². The van der Waals surface area contributed by atoms with Gasteiger partial charge < -0.3 is 31.1 Å². The van der Waals surface area contributed by atoms with Crippen molar-refractivity contribution >= 4 is 58.3 Å². The van der Waals surface area contributed by atoms with Gasteiger partial charge in [0.25, 0.3) is 0 Å². The van der Waals surface area contributed by atoms with Gasteiger partial charge in [0.2, 0.25) is 23.6 Å². The predicted octanol–water partition coefficient (Wildman–Crippen LogP) is 10.2. The van der Waals surface area contributed by atoms with E-state index in [-0.39, 0.29) is 162 Å². The molecule has 0 aromatic rings. The number of ketones is 6. The summed E-state index contributed by atoms with van der Waals surface area (Å²) in [6.45, 7) is 38.5. The van der Waals surface area contributed by atoms with Crippen molar-refractivity contribution in [3.63, 3.8) is 0 Å². The van der Waals surface area contributed by atoms with E-state index in [1.165, 1.54) is 0 Å². The Bertz CT molecular complexity index is 1800. The minimum atomic E-state index is -0.994. The topological polar surface area (TPSA) is 236 Å². The number of nitrogens with two attached hydrogens (primary N) is 2. The van der Waals surface area contributed by atoms with Crippen LogP contribution in [0.1, 0.15) is 253 Å². The molecule has 0 radical (unpaired) electrons. The highest BCUT2D eigenvalue weighted by atomic mass is 16.2. The number of hydrogen-bond acceptors (Lipinski definition) is 12. The zero-order valence-electron chi connectivity index (χ0n) is 53.8. The summed E-state index contributed by atoms with van der Waals surface area (Å²) in [7, 11) is 0. The lowest BCUT2D eigenvalue weighted by atomic mass is 9.74. The van der Waals surface area contributed by atoms with Gasteiger partial charge in [-0.05, 0) is 77.3 Å². The van der Waals surface area contributed by atoms with Crippen LogP contribution in [0.3, 0.4) is 0 Å². The Hall–Kier alpha value is -4.18. The molecular weight excluding hydrogens is 1010 g/mol. The number of nitrogens with zero attached hydrogens (tertiary/aromatic N) is 4. The summed E-state index contributed by atoms with van der Waals surface area (Å²) in [5, 5.41) is 0. The minimum Gasteiger partial charge on any atom is -0.370 e. The Kier molecular flexibility index (Phi) is 29.0. The second kappa shape index (κ2) is 31.5. The molecule has 16 nitrogen and oxygen atoms in total. The first-order chi connectivity index (χ1) is 36.4. The van der Waals surface area contributed by atoms with Crippen LogP contribution in [-0.2, 0) is 47.9 Å². The zero-order chi connectivity index (χ0) is 61.9. The monoisotopic (exact) mass is 1130 g/mol. The number of carbonyl (C=O) groups excluding carboxylic acids is 10. The van der Waals surface area contributed by atoms with E-state index in [1.54, 1.807) is 0 Å². The molecule has 460 valence electrons. The maximum atomic E-state index is 14.7. The fourth-order valence-corrected chi connectivity index (χ4v) is 10.4. The SMILES string of the molecule is CC(C)(C)C(=O)CCC(CCC(=O)C(C)(C)C)(CCC(=O)C(C)(C)C)N(CCCN1CCN(CCCN(C(=O)CCCC(N)=O)C(CCC(=O)C(C)(C)C)(CCC(=O)C(C)(C)C)CCC(=O)C(C)(C)C)CC1)C(=O)CCCC(N)=O. The molecule has 0 aromatic heterocycles. The third-order valence-electron chi connectivity index (χ3n) is 16.5. The number of Topliss-reactive ketones (excluding diaryl/α,β-unsaturated/α-hetero) is 6. The second-order valence-corrected chi connectivity index (χ2v) is 29.6. The van der Waals surface area contributed by atoms with Crippen LogP contribution in [-0.4, -0.2) is 141 Å². The van der Waals surface area contributed by atoms with Gasteiger partial charge in [0.1, 0.15) is 34.7 Å². The lowest BCUT2D eigenvalue weighted by Gasteiger charge is -2.46. The molecule has 1 saturated heterocycles. The van der Waals surface area contributed by atoms with Crippen molar-refractivity contribution in [2.24, 2.45) is 44.0 Å². The molecule has 4 amide bonds. The van der Waals surface area contributed by atoms with Crippen molar-refractivity contribution < 1.29 is 47.9 Å². The average molecular weight is 1130 g/mol. The third kappa shape index (κ3) is 26.4. The van der Waals surface area contributed by atoms with Crippen molar-refractivity contribution in [3.05, 3.63) is 0 Å². The van der Waals surface area contributed by atoms with Crippen molar-refractivity contribution in [3.8, 4) is 0 Å². The van der Waals surface area contributed by atoms with Gasteiger partial charge in [-0.25, -0.2) is 0 Å². The van der Waals surface area contributed by atoms with Crippen molar-refractivity contribution in [2.45, 2.75) is 264 Å². The molecule has 0 bridgehead atoms. The number of amides is 4. The summed E-state index contributed by atoms with van der Waals surface area (Å²) in [4.78, 5) is 144. The molecule has 0 unspecified atom stereocenters. The number of piperazine rings is 1. The summed E-state index contributed by atoms with van der Waals surface area (Å²) < 4.78 is 0. The molecule has 16 heteroatoms. The van der Waals surface area contributed by atoms with Crippen LogP contribution in [0, 0.1) is 32.5 Å². The van der Waals surface area contributed by atoms with E-state index in [2.05, 4.69) is 9.80 Å². The molecular formula is C64H114N6O10. The van der Waals surface area contributed by atoms with Gasteiger partial charge >= 0.3 is 0 Å². The lowest BCUT2D eigenvalue weighted by molar-refractivity contribution is -0.143. The van der Waals surface area contributed by atoms with Gasteiger partial charge in [0.15, 0.2) is 0 Å². The molecule has 1 rings (SSSR count). The van der Waals surface area contributed by atoms with E-state index in [0.717, 1.165) is 26.2 Å². The molecule has 1 heterocycles. The maximum Gasteiger partial charge on any atom is 0.223 e.